The molecule has 0 radical (unpaired) electrons. The van der Waals surface area contributed by atoms with Gasteiger partial charge in [-0.3, -0.25) is 14.2 Å². The first-order chi connectivity index (χ1) is 14.1. The molecule has 0 bridgehead atoms. The average Bonchev–Trinajstić information content (AvgIpc) is 3.07. The molecule has 0 aliphatic rings. The molecule has 1 N–H and O–H groups in total. The van der Waals surface area contributed by atoms with E-state index in [4.69, 9.17) is 4.74 Å². The molecule has 3 aromatic rings. The monoisotopic (exact) mass is 413 g/mol. The number of ether oxygens (including phenoxy) is 1. The number of carbonyl (C=O) groups excluding carboxylic acids is 1. The molecule has 0 aliphatic heterocycles. The minimum Gasteiger partial charge on any atom is -0.381 e. The van der Waals surface area contributed by atoms with Gasteiger partial charge in [0.2, 0.25) is 0 Å². The molecule has 1 amide bonds. The zero-order chi connectivity index (χ0) is 20.6. The Kier molecular flexibility index (Phi) is 7.55. The van der Waals surface area contributed by atoms with Crippen LogP contribution >= 0.6 is 11.3 Å². The summed E-state index contributed by atoms with van der Waals surface area (Å²) in [5, 5.41) is 3.45. The first-order valence-corrected chi connectivity index (χ1v) is 10.8. The number of benzene rings is 1. The second-order valence-corrected chi connectivity index (χ2v) is 7.97. The largest absolute Gasteiger partial charge is 0.381 e. The maximum atomic E-state index is 13.0. The van der Waals surface area contributed by atoms with Gasteiger partial charge in [-0.2, -0.15) is 0 Å². The van der Waals surface area contributed by atoms with Crippen LogP contribution in [0, 0.1) is 6.92 Å². The molecule has 0 unspecified atom stereocenters. The fraction of sp³-hybridized carbons (Fsp3) is 0.409. The first kappa shape index (κ1) is 21.2. The highest BCUT2D eigenvalue weighted by atomic mass is 32.1. The van der Waals surface area contributed by atoms with Crippen molar-refractivity contribution in [2.24, 2.45) is 0 Å². The van der Waals surface area contributed by atoms with E-state index in [1.54, 1.807) is 10.9 Å². The van der Waals surface area contributed by atoms with Gasteiger partial charge >= 0.3 is 0 Å². The number of amides is 1. The number of carbonyl (C=O) groups is 1. The molecule has 0 saturated carbocycles. The zero-order valence-corrected chi connectivity index (χ0v) is 17.8. The molecule has 2 heterocycles. The molecule has 3 rings (SSSR count). The van der Waals surface area contributed by atoms with Gasteiger partial charge in [-0.05, 0) is 30.9 Å². The second-order valence-electron chi connectivity index (χ2n) is 6.97. The average molecular weight is 414 g/mol. The summed E-state index contributed by atoms with van der Waals surface area (Å²) in [6, 6.07) is 9.78. The molecule has 0 fully saturated rings. The molecule has 0 spiro atoms. The van der Waals surface area contributed by atoms with Gasteiger partial charge < -0.3 is 10.1 Å². The molecule has 6 nitrogen and oxygen atoms in total. The summed E-state index contributed by atoms with van der Waals surface area (Å²) >= 11 is 1.27. The summed E-state index contributed by atoms with van der Waals surface area (Å²) in [7, 11) is 0. The van der Waals surface area contributed by atoms with Crippen LogP contribution in [0.2, 0.25) is 0 Å². The lowest BCUT2D eigenvalue weighted by Gasteiger charge is -2.06. The van der Waals surface area contributed by atoms with Crippen LogP contribution < -0.4 is 10.9 Å². The maximum absolute atomic E-state index is 13.0. The Hall–Kier alpha value is -2.51. The third-order valence-electron chi connectivity index (χ3n) is 4.71. The minimum absolute atomic E-state index is 0.115. The Labute approximate surface area is 174 Å². The molecular formula is C22H27N3O3S. The Morgan fingerprint density at radius 3 is 2.72 bits per heavy atom. The number of nitrogens with one attached hydrogen (secondary N) is 1. The van der Waals surface area contributed by atoms with Gasteiger partial charge in [0.1, 0.15) is 4.83 Å². The van der Waals surface area contributed by atoms with Crippen LogP contribution in [0.4, 0.5) is 0 Å². The lowest BCUT2D eigenvalue weighted by Crippen LogP contribution is -2.25. The van der Waals surface area contributed by atoms with E-state index in [1.165, 1.54) is 11.3 Å². The lowest BCUT2D eigenvalue weighted by atomic mass is 10.2. The van der Waals surface area contributed by atoms with E-state index >= 15 is 0 Å². The van der Waals surface area contributed by atoms with Crippen LogP contribution in [0.25, 0.3) is 10.2 Å². The molecule has 2 aromatic heterocycles. The number of thiophene rings is 1. The number of hydrogen-bond acceptors (Lipinski definition) is 5. The Balaban J connectivity index is 1.68. The smallest absolute Gasteiger partial charge is 0.262 e. The second kappa shape index (κ2) is 10.3. The van der Waals surface area contributed by atoms with Crippen LogP contribution in [0.5, 0.6) is 0 Å². The van der Waals surface area contributed by atoms with Crippen LogP contribution in [-0.2, 0) is 11.3 Å². The van der Waals surface area contributed by atoms with Crippen LogP contribution in [0.15, 0.2) is 41.5 Å². The highest BCUT2D eigenvalue weighted by Crippen LogP contribution is 2.26. The number of aryl methyl sites for hydroxylation is 1. The summed E-state index contributed by atoms with van der Waals surface area (Å²) in [6.45, 7) is 6.35. The summed E-state index contributed by atoms with van der Waals surface area (Å²) in [6.07, 6.45) is 4.50. The summed E-state index contributed by atoms with van der Waals surface area (Å²) in [5.41, 5.74) is 1.61. The van der Waals surface area contributed by atoms with Gasteiger partial charge in [0.15, 0.2) is 0 Å². The Morgan fingerprint density at radius 2 is 1.97 bits per heavy atom. The normalized spacial score (nSPS) is 11.1. The van der Waals surface area contributed by atoms with Crippen molar-refractivity contribution < 1.29 is 9.53 Å². The predicted molar refractivity (Wildman–Crippen MR) is 117 cm³/mol. The third-order valence-corrected chi connectivity index (χ3v) is 5.91. The van der Waals surface area contributed by atoms with Gasteiger partial charge in [0.05, 0.1) is 23.1 Å². The van der Waals surface area contributed by atoms with E-state index in [0.29, 0.717) is 40.4 Å². The lowest BCUT2D eigenvalue weighted by molar-refractivity contribution is 0.0944. The number of hydrogen-bond donors (Lipinski definition) is 1. The SMILES string of the molecule is CCCCOCCCNC(=O)c1sc2ncn(Cc3ccccc3)c(=O)c2c1C. The fourth-order valence-corrected chi connectivity index (χ4v) is 4.13. The van der Waals surface area contributed by atoms with E-state index in [9.17, 15) is 9.59 Å². The van der Waals surface area contributed by atoms with Gasteiger partial charge in [-0.25, -0.2) is 4.98 Å². The molecule has 29 heavy (non-hydrogen) atoms. The van der Waals surface area contributed by atoms with Gasteiger partial charge in [-0.1, -0.05) is 43.7 Å². The number of rotatable bonds is 10. The fourth-order valence-electron chi connectivity index (χ4n) is 3.07. The van der Waals surface area contributed by atoms with Crippen molar-refractivity contribution in [3.8, 4) is 0 Å². The van der Waals surface area contributed by atoms with Gasteiger partial charge in [-0.15, -0.1) is 11.3 Å². The summed E-state index contributed by atoms with van der Waals surface area (Å²) < 4.78 is 7.10. The van der Waals surface area contributed by atoms with E-state index < -0.39 is 0 Å². The molecule has 0 saturated heterocycles. The van der Waals surface area contributed by atoms with Crippen molar-refractivity contribution in [1.82, 2.24) is 14.9 Å². The number of fused-ring (bicyclic) bond motifs is 1. The maximum Gasteiger partial charge on any atom is 0.262 e. The van der Waals surface area contributed by atoms with Crippen LogP contribution in [0.1, 0.15) is 47.0 Å². The summed E-state index contributed by atoms with van der Waals surface area (Å²) in [5.74, 6) is -0.159. The van der Waals surface area contributed by atoms with Crippen LogP contribution in [0.3, 0.4) is 0 Å². The predicted octanol–water partition coefficient (Wildman–Crippen LogP) is 3.75. The number of aromatic nitrogens is 2. The molecular weight excluding hydrogens is 386 g/mol. The topological polar surface area (TPSA) is 73.2 Å². The Morgan fingerprint density at radius 1 is 1.21 bits per heavy atom. The van der Waals surface area contributed by atoms with Crippen LogP contribution in [-0.4, -0.2) is 35.2 Å². The minimum atomic E-state index is -0.159. The summed E-state index contributed by atoms with van der Waals surface area (Å²) in [4.78, 5) is 31.1. The van der Waals surface area contributed by atoms with Crippen molar-refractivity contribution in [2.45, 2.75) is 39.7 Å². The standard InChI is InChI=1S/C22H27N3O3S/c1-3-4-12-28-13-8-11-23-20(26)19-16(2)18-21(29-19)24-15-25(22(18)27)14-17-9-6-5-7-10-17/h5-7,9-10,15H,3-4,8,11-14H2,1-2H3,(H,23,26). The molecule has 7 heteroatoms. The van der Waals surface area contributed by atoms with E-state index in [1.807, 2.05) is 37.3 Å². The molecule has 0 aliphatic carbocycles. The van der Waals surface area contributed by atoms with Gasteiger partial charge in [0.25, 0.3) is 11.5 Å². The van der Waals surface area contributed by atoms with E-state index in [2.05, 4.69) is 17.2 Å². The first-order valence-electron chi connectivity index (χ1n) is 10.00. The number of nitrogens with zero attached hydrogens (tertiary/aromatic N) is 2. The molecule has 0 atom stereocenters. The third kappa shape index (κ3) is 5.31. The van der Waals surface area contributed by atoms with E-state index in [-0.39, 0.29) is 11.5 Å². The van der Waals surface area contributed by atoms with Crippen molar-refractivity contribution in [3.63, 3.8) is 0 Å². The highest BCUT2D eigenvalue weighted by molar-refractivity contribution is 7.20. The van der Waals surface area contributed by atoms with Crippen molar-refractivity contribution in [2.75, 3.05) is 19.8 Å². The Bertz CT molecular complexity index is 1010. The molecule has 154 valence electrons. The quantitative estimate of drug-likeness (QED) is 0.514. The van der Waals surface area contributed by atoms with Crippen molar-refractivity contribution in [3.05, 3.63) is 63.0 Å². The van der Waals surface area contributed by atoms with Crippen molar-refractivity contribution >= 4 is 27.5 Å². The number of unbranched alkanes of at least 4 members (excludes halogenated alkanes) is 1. The van der Waals surface area contributed by atoms with E-state index in [0.717, 1.165) is 31.4 Å². The molecule has 1 aromatic carbocycles. The zero-order valence-electron chi connectivity index (χ0n) is 16.9. The van der Waals surface area contributed by atoms with Crippen molar-refractivity contribution in [1.29, 1.82) is 0 Å². The highest BCUT2D eigenvalue weighted by Gasteiger charge is 2.19. The van der Waals surface area contributed by atoms with Gasteiger partial charge in [0, 0.05) is 19.8 Å².